The summed E-state index contributed by atoms with van der Waals surface area (Å²) in [7, 11) is 0. The maximum Gasteiger partial charge on any atom is 0.292 e. The van der Waals surface area contributed by atoms with Crippen LogP contribution in [0.2, 0.25) is 0 Å². The predicted octanol–water partition coefficient (Wildman–Crippen LogP) is 2.88. The number of hydrogen-bond acceptors (Lipinski definition) is 2. The Kier molecular flexibility index (Phi) is 3.30. The van der Waals surface area contributed by atoms with Crippen molar-refractivity contribution in [3.8, 4) is 11.3 Å². The molecule has 2 aromatic rings. The van der Waals surface area contributed by atoms with Gasteiger partial charge in [0.25, 0.3) is 11.4 Å². The first-order valence-corrected chi connectivity index (χ1v) is 7.14. The average Bonchev–Trinajstić information content (AvgIpc) is 2.72. The highest BCUT2D eigenvalue weighted by atomic mass is 16.5. The zero-order valence-electron chi connectivity index (χ0n) is 11.7. The standard InChI is InChI=1S/C16H19N2O2/c1-12-16(13-8-4-2-5-9-13)18(20)15-11-7-3-6-10-14(15)17(12)19/h2,4-5,8-9,19H,3,6-7,10-11H2,1H3/q+1. The van der Waals surface area contributed by atoms with E-state index in [2.05, 4.69) is 0 Å². The molecule has 0 fully saturated rings. The molecule has 1 aromatic carbocycles. The zero-order chi connectivity index (χ0) is 14.1. The molecule has 0 unspecified atom stereocenters. The van der Waals surface area contributed by atoms with Crippen LogP contribution in [0.4, 0.5) is 0 Å². The van der Waals surface area contributed by atoms with Crippen molar-refractivity contribution in [1.29, 1.82) is 0 Å². The van der Waals surface area contributed by atoms with Crippen LogP contribution in [0.1, 0.15) is 36.3 Å². The lowest BCUT2D eigenvalue weighted by atomic mass is 10.1. The Morgan fingerprint density at radius 3 is 2.55 bits per heavy atom. The third-order valence-corrected chi connectivity index (χ3v) is 4.07. The summed E-state index contributed by atoms with van der Waals surface area (Å²) >= 11 is 0. The molecular formula is C16H19N2O2+. The first-order chi connectivity index (χ1) is 9.70. The number of nitrogens with zero attached hydrogens (tertiary/aromatic N) is 2. The molecule has 0 bridgehead atoms. The topological polar surface area (TPSA) is 48.1 Å². The van der Waals surface area contributed by atoms with Crippen molar-refractivity contribution in [2.75, 3.05) is 0 Å². The highest BCUT2D eigenvalue weighted by molar-refractivity contribution is 5.58. The fraction of sp³-hybridized carbons (Fsp3) is 0.375. The molecule has 0 saturated heterocycles. The minimum absolute atomic E-state index is 0.550. The third kappa shape index (κ3) is 2.01. The second-order valence-electron chi connectivity index (χ2n) is 5.36. The largest absolute Gasteiger partial charge is 0.428 e. The van der Waals surface area contributed by atoms with Gasteiger partial charge in [0.1, 0.15) is 11.4 Å². The molecule has 1 aliphatic carbocycles. The van der Waals surface area contributed by atoms with Gasteiger partial charge in [0.15, 0.2) is 0 Å². The van der Waals surface area contributed by atoms with Crippen LogP contribution < -0.4 is 4.43 Å². The molecule has 1 aliphatic rings. The number of hydrogen-bond donors (Lipinski definition) is 1. The Hall–Kier alpha value is -2.10. The van der Waals surface area contributed by atoms with E-state index in [0.29, 0.717) is 11.4 Å². The van der Waals surface area contributed by atoms with Gasteiger partial charge >= 0.3 is 0 Å². The second kappa shape index (κ2) is 5.12. The molecule has 0 atom stereocenters. The van der Waals surface area contributed by atoms with Gasteiger partial charge in [-0.1, -0.05) is 24.6 Å². The van der Waals surface area contributed by atoms with Gasteiger partial charge in [0.2, 0.25) is 0 Å². The van der Waals surface area contributed by atoms with Crippen LogP contribution in [0.5, 0.6) is 0 Å². The van der Waals surface area contributed by atoms with E-state index in [0.717, 1.165) is 53.5 Å². The van der Waals surface area contributed by atoms with Crippen LogP contribution in [0.15, 0.2) is 30.3 Å². The quantitative estimate of drug-likeness (QED) is 0.492. The van der Waals surface area contributed by atoms with E-state index in [1.54, 1.807) is 6.92 Å². The molecule has 0 aliphatic heterocycles. The van der Waals surface area contributed by atoms with Crippen molar-refractivity contribution >= 4 is 0 Å². The summed E-state index contributed by atoms with van der Waals surface area (Å²) in [5, 5.41) is 10.4. The average molecular weight is 271 g/mol. The van der Waals surface area contributed by atoms with E-state index in [1.165, 1.54) is 4.73 Å². The summed E-state index contributed by atoms with van der Waals surface area (Å²) in [5.41, 5.74) is 3.49. The molecule has 1 heterocycles. The molecule has 0 spiro atoms. The third-order valence-electron chi connectivity index (χ3n) is 4.07. The lowest BCUT2D eigenvalue weighted by molar-refractivity contribution is -0.495. The van der Waals surface area contributed by atoms with Crippen LogP contribution in [0.25, 0.3) is 11.3 Å². The van der Waals surface area contributed by atoms with Gasteiger partial charge in [-0.15, -0.1) is 0 Å². The highest BCUT2D eigenvalue weighted by Gasteiger charge is 2.29. The minimum Gasteiger partial charge on any atom is -0.428 e. The smallest absolute Gasteiger partial charge is 0.292 e. The SMILES string of the molecule is Cc1c(-c2ccccc2)[n+](=O)c2c(n1O)CCCCC2. The lowest BCUT2D eigenvalue weighted by Crippen LogP contribution is -2.31. The molecule has 3 rings (SSSR count). The molecule has 1 N–H and O–H groups in total. The van der Waals surface area contributed by atoms with Gasteiger partial charge in [0, 0.05) is 11.3 Å². The Morgan fingerprint density at radius 2 is 1.80 bits per heavy atom. The molecule has 4 heteroatoms. The first kappa shape index (κ1) is 12.9. The van der Waals surface area contributed by atoms with Gasteiger partial charge in [-0.2, -0.15) is 4.73 Å². The summed E-state index contributed by atoms with van der Waals surface area (Å²) in [5.74, 6) is 0. The zero-order valence-corrected chi connectivity index (χ0v) is 11.7. The van der Waals surface area contributed by atoms with E-state index in [4.69, 9.17) is 0 Å². The van der Waals surface area contributed by atoms with E-state index < -0.39 is 0 Å². The van der Waals surface area contributed by atoms with E-state index >= 15 is 0 Å². The highest BCUT2D eigenvalue weighted by Crippen LogP contribution is 2.24. The molecule has 0 saturated carbocycles. The number of fused-ring (bicyclic) bond motifs is 1. The Morgan fingerprint density at radius 1 is 1.10 bits per heavy atom. The van der Waals surface area contributed by atoms with Gasteiger partial charge in [-0.05, 0) is 38.3 Å². The maximum atomic E-state index is 12.7. The van der Waals surface area contributed by atoms with Gasteiger partial charge < -0.3 is 5.21 Å². The molecule has 1 aromatic heterocycles. The minimum atomic E-state index is 0.550. The Bertz CT molecular complexity index is 690. The lowest BCUT2D eigenvalue weighted by Gasteiger charge is -2.10. The van der Waals surface area contributed by atoms with Crippen molar-refractivity contribution < 1.29 is 9.63 Å². The van der Waals surface area contributed by atoms with E-state index in [9.17, 15) is 10.1 Å². The van der Waals surface area contributed by atoms with Gasteiger partial charge in [0.05, 0.1) is 9.99 Å². The molecule has 0 amide bonds. The Labute approximate surface area is 117 Å². The van der Waals surface area contributed by atoms with E-state index in [1.807, 2.05) is 30.3 Å². The summed E-state index contributed by atoms with van der Waals surface area (Å²) in [4.78, 5) is 12.7. The molecule has 20 heavy (non-hydrogen) atoms. The summed E-state index contributed by atoms with van der Waals surface area (Å²) in [6.45, 7) is 1.79. The first-order valence-electron chi connectivity index (χ1n) is 7.14. The van der Waals surface area contributed by atoms with Crippen LogP contribution in [-0.2, 0) is 12.8 Å². The molecule has 4 nitrogen and oxygen atoms in total. The van der Waals surface area contributed by atoms with Crippen molar-refractivity contribution in [1.82, 2.24) is 4.73 Å². The van der Waals surface area contributed by atoms with Crippen LogP contribution in [-0.4, -0.2) is 9.94 Å². The van der Waals surface area contributed by atoms with E-state index in [-0.39, 0.29) is 0 Å². The summed E-state index contributed by atoms with van der Waals surface area (Å²) in [6, 6.07) is 9.54. The molecule has 0 radical (unpaired) electrons. The van der Waals surface area contributed by atoms with Gasteiger partial charge in [-0.25, -0.2) is 0 Å². The van der Waals surface area contributed by atoms with Crippen LogP contribution in [0, 0.1) is 11.8 Å². The molecular weight excluding hydrogens is 252 g/mol. The van der Waals surface area contributed by atoms with Crippen molar-refractivity contribution in [2.24, 2.45) is 0 Å². The van der Waals surface area contributed by atoms with Crippen LogP contribution >= 0.6 is 0 Å². The monoisotopic (exact) mass is 271 g/mol. The Balaban J connectivity index is 2.30. The number of benzene rings is 1. The molecule has 104 valence electrons. The van der Waals surface area contributed by atoms with Crippen LogP contribution in [0.3, 0.4) is 0 Å². The maximum absolute atomic E-state index is 12.7. The van der Waals surface area contributed by atoms with Crippen molar-refractivity contribution in [3.63, 3.8) is 0 Å². The second-order valence-corrected chi connectivity index (χ2v) is 5.36. The normalized spacial score (nSPS) is 14.7. The van der Waals surface area contributed by atoms with Gasteiger partial charge in [-0.3, -0.25) is 0 Å². The number of rotatable bonds is 1. The summed E-state index contributed by atoms with van der Waals surface area (Å²) in [6.07, 6.45) is 4.64. The van der Waals surface area contributed by atoms with Crippen molar-refractivity contribution in [2.45, 2.75) is 39.0 Å². The predicted molar refractivity (Wildman–Crippen MR) is 76.4 cm³/mol. The fourth-order valence-corrected chi connectivity index (χ4v) is 3.00. The summed E-state index contributed by atoms with van der Waals surface area (Å²) < 4.78 is 2.25. The van der Waals surface area contributed by atoms with Crippen molar-refractivity contribution in [3.05, 3.63) is 52.3 Å². The fourth-order valence-electron chi connectivity index (χ4n) is 3.00. The number of aromatic nitrogens is 2.